The van der Waals surface area contributed by atoms with Crippen LogP contribution in [0.25, 0.3) is 21.5 Å². The molecule has 0 aliphatic rings. The van der Waals surface area contributed by atoms with Crippen molar-refractivity contribution in [2.45, 2.75) is 59.9 Å². The zero-order chi connectivity index (χ0) is 19.6. The second-order valence-corrected chi connectivity index (χ2v) is 10.1. The maximum absolute atomic E-state index is 6.46. The van der Waals surface area contributed by atoms with Crippen molar-refractivity contribution in [2.75, 3.05) is 0 Å². The van der Waals surface area contributed by atoms with E-state index in [1.165, 1.54) is 16.2 Å². The van der Waals surface area contributed by atoms with Gasteiger partial charge in [-0.2, -0.15) is 0 Å². The third kappa shape index (κ3) is 4.24. The van der Waals surface area contributed by atoms with Crippen molar-refractivity contribution in [1.82, 2.24) is 0 Å². The lowest BCUT2D eigenvalue weighted by Gasteiger charge is -2.35. The molecule has 0 spiro atoms. The molecule has 0 aromatic heterocycles. The zero-order valence-electron chi connectivity index (χ0n) is 17.2. The van der Waals surface area contributed by atoms with Gasteiger partial charge in [0.15, 0.2) is 0 Å². The number of hydrogen-bond donors (Lipinski definition) is 0. The van der Waals surface area contributed by atoms with E-state index < -0.39 is 8.80 Å². The van der Waals surface area contributed by atoms with Gasteiger partial charge in [0, 0.05) is 23.5 Å². The van der Waals surface area contributed by atoms with Crippen molar-refractivity contribution in [2.24, 2.45) is 0 Å². The van der Waals surface area contributed by atoms with Crippen molar-refractivity contribution in [1.29, 1.82) is 0 Å². The number of hydrogen-bond acceptors (Lipinski definition) is 3. The third-order valence-electron chi connectivity index (χ3n) is 4.29. The van der Waals surface area contributed by atoms with Crippen LogP contribution in [0.4, 0.5) is 0 Å². The van der Waals surface area contributed by atoms with Crippen LogP contribution in [0.5, 0.6) is 0 Å². The number of fused-ring (bicyclic) bond motifs is 3. The van der Waals surface area contributed by atoms with Gasteiger partial charge in [0.1, 0.15) is 0 Å². The van der Waals surface area contributed by atoms with E-state index in [9.17, 15) is 0 Å². The molecular weight excluding hydrogens is 352 g/mol. The standard InChI is InChI=1S/C23H30O3Si/c1-16(2)24-27(25-17(3)4,26-18(5)6)23-13-9-12-21-20-11-8-7-10-19(20)14-15-22(21)23/h7-18H,1-6H3. The molecule has 0 aliphatic heterocycles. The van der Waals surface area contributed by atoms with Gasteiger partial charge in [-0.1, -0.05) is 54.6 Å². The Kier molecular flexibility index (Phi) is 6.01. The first-order valence-electron chi connectivity index (χ1n) is 9.77. The second-order valence-electron chi connectivity index (χ2n) is 7.74. The molecule has 0 N–H and O–H groups in total. The summed E-state index contributed by atoms with van der Waals surface area (Å²) in [5.41, 5.74) is 0. The molecule has 0 aliphatic carbocycles. The van der Waals surface area contributed by atoms with E-state index in [1.807, 2.05) is 41.5 Å². The molecule has 144 valence electrons. The molecule has 0 bridgehead atoms. The Morgan fingerprint density at radius 1 is 0.556 bits per heavy atom. The first-order valence-corrected chi connectivity index (χ1v) is 11.5. The van der Waals surface area contributed by atoms with Crippen LogP contribution in [0.2, 0.25) is 0 Å². The van der Waals surface area contributed by atoms with Gasteiger partial charge >= 0.3 is 8.80 Å². The summed E-state index contributed by atoms with van der Waals surface area (Å²) in [6.07, 6.45) is 0.0136. The quantitative estimate of drug-likeness (QED) is 0.404. The molecule has 3 aromatic rings. The van der Waals surface area contributed by atoms with Crippen LogP contribution < -0.4 is 5.19 Å². The van der Waals surface area contributed by atoms with E-state index in [2.05, 4.69) is 54.6 Å². The van der Waals surface area contributed by atoms with Crippen molar-refractivity contribution < 1.29 is 13.3 Å². The van der Waals surface area contributed by atoms with Gasteiger partial charge < -0.3 is 13.3 Å². The van der Waals surface area contributed by atoms with E-state index in [0.29, 0.717) is 0 Å². The van der Waals surface area contributed by atoms with Crippen molar-refractivity contribution >= 4 is 35.5 Å². The Labute approximate surface area is 163 Å². The molecule has 4 heteroatoms. The van der Waals surface area contributed by atoms with Crippen LogP contribution in [0, 0.1) is 0 Å². The zero-order valence-corrected chi connectivity index (χ0v) is 18.2. The van der Waals surface area contributed by atoms with E-state index in [-0.39, 0.29) is 18.3 Å². The topological polar surface area (TPSA) is 27.7 Å². The molecule has 0 saturated heterocycles. The van der Waals surface area contributed by atoms with Crippen LogP contribution >= 0.6 is 0 Å². The summed E-state index contributed by atoms with van der Waals surface area (Å²) in [6, 6.07) is 19.2. The van der Waals surface area contributed by atoms with Gasteiger partial charge in [0.2, 0.25) is 0 Å². The van der Waals surface area contributed by atoms with Gasteiger partial charge in [-0.15, -0.1) is 0 Å². The molecule has 0 unspecified atom stereocenters. The van der Waals surface area contributed by atoms with E-state index >= 15 is 0 Å². The summed E-state index contributed by atoms with van der Waals surface area (Å²) < 4.78 is 19.4. The highest BCUT2D eigenvalue weighted by atomic mass is 28.4. The monoisotopic (exact) mass is 382 g/mol. The fourth-order valence-electron chi connectivity index (χ4n) is 3.51. The molecular formula is C23H30O3Si. The SMILES string of the molecule is CC(C)O[Si](OC(C)C)(OC(C)C)c1cccc2c1ccc1ccccc12. The van der Waals surface area contributed by atoms with Crippen LogP contribution in [-0.2, 0) is 13.3 Å². The highest BCUT2D eigenvalue weighted by molar-refractivity contribution is 6.78. The van der Waals surface area contributed by atoms with Crippen LogP contribution in [0.3, 0.4) is 0 Å². The first kappa shape index (κ1) is 20.0. The predicted octanol–water partition coefficient (Wildman–Crippen LogP) is 5.41. The highest BCUT2D eigenvalue weighted by Gasteiger charge is 2.47. The molecule has 0 atom stereocenters. The van der Waals surface area contributed by atoms with Crippen molar-refractivity contribution in [3.8, 4) is 0 Å². The average molecular weight is 383 g/mol. The summed E-state index contributed by atoms with van der Waals surface area (Å²) in [7, 11) is -3.11. The molecule has 0 fully saturated rings. The van der Waals surface area contributed by atoms with Gasteiger partial charge in [0.05, 0.1) is 0 Å². The lowest BCUT2D eigenvalue weighted by atomic mass is 10.0. The molecule has 3 aromatic carbocycles. The molecule has 0 saturated carbocycles. The number of rotatable bonds is 7. The molecule has 27 heavy (non-hydrogen) atoms. The number of benzene rings is 3. The Morgan fingerprint density at radius 2 is 1.11 bits per heavy atom. The Bertz CT molecular complexity index is 891. The summed E-state index contributed by atoms with van der Waals surface area (Å²) in [4.78, 5) is 0. The van der Waals surface area contributed by atoms with Crippen molar-refractivity contribution in [3.63, 3.8) is 0 Å². The van der Waals surface area contributed by atoms with Crippen LogP contribution in [0.15, 0.2) is 54.6 Å². The predicted molar refractivity (Wildman–Crippen MR) is 116 cm³/mol. The van der Waals surface area contributed by atoms with Gasteiger partial charge in [-0.25, -0.2) is 0 Å². The molecule has 0 radical (unpaired) electrons. The summed E-state index contributed by atoms with van der Waals surface area (Å²) in [5.74, 6) is 0. The fourth-order valence-corrected chi connectivity index (χ4v) is 6.77. The van der Waals surface area contributed by atoms with Gasteiger partial charge in [-0.05, 0) is 63.1 Å². The second kappa shape index (κ2) is 8.11. The highest BCUT2D eigenvalue weighted by Crippen LogP contribution is 2.28. The minimum Gasteiger partial charge on any atom is -0.367 e. The van der Waals surface area contributed by atoms with Crippen LogP contribution in [0.1, 0.15) is 41.5 Å². The summed E-state index contributed by atoms with van der Waals surface area (Å²) in [6.45, 7) is 12.2. The molecule has 3 rings (SSSR count). The summed E-state index contributed by atoms with van der Waals surface area (Å²) >= 11 is 0. The maximum atomic E-state index is 6.46. The molecule has 0 amide bonds. The van der Waals surface area contributed by atoms with Gasteiger partial charge in [-0.3, -0.25) is 0 Å². The van der Waals surface area contributed by atoms with E-state index in [0.717, 1.165) is 10.6 Å². The lowest BCUT2D eigenvalue weighted by molar-refractivity contribution is 0.0156. The Hall–Kier alpha value is -1.72. The average Bonchev–Trinajstić information content (AvgIpc) is 2.59. The molecule has 0 heterocycles. The largest absolute Gasteiger partial charge is 0.538 e. The van der Waals surface area contributed by atoms with Crippen molar-refractivity contribution in [3.05, 3.63) is 54.6 Å². The maximum Gasteiger partial charge on any atom is 0.538 e. The third-order valence-corrected chi connectivity index (χ3v) is 7.73. The first-order chi connectivity index (χ1) is 12.8. The van der Waals surface area contributed by atoms with Gasteiger partial charge in [0.25, 0.3) is 0 Å². The Balaban J connectivity index is 2.30. The minimum atomic E-state index is -3.11. The molecule has 3 nitrogen and oxygen atoms in total. The van der Waals surface area contributed by atoms with Crippen LogP contribution in [-0.4, -0.2) is 27.1 Å². The minimum absolute atomic E-state index is 0.00452. The lowest BCUT2D eigenvalue weighted by Crippen LogP contribution is -2.60. The Morgan fingerprint density at radius 3 is 1.70 bits per heavy atom. The van der Waals surface area contributed by atoms with E-state index in [4.69, 9.17) is 13.3 Å². The smallest absolute Gasteiger partial charge is 0.367 e. The summed E-state index contributed by atoms with van der Waals surface area (Å²) in [5, 5.41) is 5.85. The van der Waals surface area contributed by atoms with E-state index in [1.54, 1.807) is 0 Å². The normalized spacial score (nSPS) is 12.8. The fraction of sp³-hybridized carbons (Fsp3) is 0.391.